The first-order valence-corrected chi connectivity index (χ1v) is 8.96. The lowest BCUT2D eigenvalue weighted by atomic mass is 10.0. The number of anilines is 2. The van der Waals surface area contributed by atoms with Crippen molar-refractivity contribution in [2.45, 2.75) is 0 Å². The predicted octanol–water partition coefficient (Wildman–Crippen LogP) is 5.34. The molecule has 0 aliphatic carbocycles. The molecule has 136 valence electrons. The molecule has 0 bridgehead atoms. The Hall–Kier alpha value is -3.92. The molecule has 28 heavy (non-hydrogen) atoms. The lowest BCUT2D eigenvalue weighted by molar-refractivity contribution is 0.101. The average Bonchev–Trinajstić information content (AvgIpc) is 2.74. The zero-order chi connectivity index (χ0) is 19.3. The largest absolute Gasteiger partial charge is 0.322 e. The van der Waals surface area contributed by atoms with E-state index >= 15 is 0 Å². The molecule has 0 saturated heterocycles. The molecule has 0 spiro atoms. The molecule has 4 rings (SSSR count). The van der Waals surface area contributed by atoms with Crippen molar-refractivity contribution < 1.29 is 9.59 Å². The molecule has 0 saturated carbocycles. The number of nitrogens with one attached hydrogen (secondary N) is 2. The Morgan fingerprint density at radius 1 is 0.500 bits per heavy atom. The van der Waals surface area contributed by atoms with E-state index in [4.69, 9.17) is 0 Å². The lowest BCUT2D eigenvalue weighted by Gasteiger charge is -2.08. The van der Waals surface area contributed by atoms with E-state index in [9.17, 15) is 9.59 Å². The van der Waals surface area contributed by atoms with Gasteiger partial charge in [-0.2, -0.15) is 0 Å². The Morgan fingerprint density at radius 3 is 1.29 bits per heavy atom. The van der Waals surface area contributed by atoms with Crippen LogP contribution >= 0.6 is 0 Å². The summed E-state index contributed by atoms with van der Waals surface area (Å²) in [5, 5.41) is 7.55. The summed E-state index contributed by atoms with van der Waals surface area (Å²) in [4.78, 5) is 24.9. The van der Waals surface area contributed by atoms with Gasteiger partial charge >= 0.3 is 0 Å². The Balaban J connectivity index is 1.54. The molecule has 4 nitrogen and oxygen atoms in total. The van der Waals surface area contributed by atoms with Gasteiger partial charge in [-0.3, -0.25) is 9.59 Å². The fourth-order valence-electron chi connectivity index (χ4n) is 2.98. The van der Waals surface area contributed by atoms with E-state index in [2.05, 4.69) is 10.6 Å². The third-order valence-electron chi connectivity index (χ3n) is 4.43. The van der Waals surface area contributed by atoms with Crippen molar-refractivity contribution in [1.82, 2.24) is 0 Å². The van der Waals surface area contributed by atoms with Crippen molar-refractivity contribution in [1.29, 1.82) is 0 Å². The van der Waals surface area contributed by atoms with E-state index in [0.717, 1.165) is 22.1 Å². The molecule has 0 aliphatic rings. The normalized spacial score (nSPS) is 10.4. The highest BCUT2D eigenvalue weighted by Gasteiger charge is 2.10. The van der Waals surface area contributed by atoms with Gasteiger partial charge in [-0.15, -0.1) is 0 Å². The SMILES string of the molecule is O=C(Nc1ccccc1)c1ccc2cc(C(=O)Nc3ccccc3)ccc2c1. The molecular formula is C24H18N2O2. The van der Waals surface area contributed by atoms with Gasteiger partial charge < -0.3 is 10.6 Å². The second-order valence-corrected chi connectivity index (χ2v) is 6.42. The summed E-state index contributed by atoms with van der Waals surface area (Å²) >= 11 is 0. The molecule has 0 aromatic heterocycles. The van der Waals surface area contributed by atoms with Crippen LogP contribution < -0.4 is 10.6 Å². The second kappa shape index (κ2) is 7.76. The zero-order valence-electron chi connectivity index (χ0n) is 15.1. The maximum atomic E-state index is 12.5. The van der Waals surface area contributed by atoms with E-state index < -0.39 is 0 Å². The maximum absolute atomic E-state index is 12.5. The van der Waals surface area contributed by atoms with Gasteiger partial charge in [0.25, 0.3) is 11.8 Å². The Bertz CT molecular complexity index is 1050. The molecule has 4 aromatic carbocycles. The molecule has 0 atom stereocenters. The third kappa shape index (κ3) is 3.91. The van der Waals surface area contributed by atoms with E-state index in [-0.39, 0.29) is 11.8 Å². The number of hydrogen-bond acceptors (Lipinski definition) is 2. The molecule has 0 unspecified atom stereocenters. The highest BCUT2D eigenvalue weighted by molar-refractivity contribution is 6.08. The van der Waals surface area contributed by atoms with Crippen molar-refractivity contribution in [2.24, 2.45) is 0 Å². The van der Waals surface area contributed by atoms with Crippen LogP contribution in [0.2, 0.25) is 0 Å². The van der Waals surface area contributed by atoms with Crippen LogP contribution in [-0.4, -0.2) is 11.8 Å². The van der Waals surface area contributed by atoms with Gasteiger partial charge in [0.05, 0.1) is 0 Å². The summed E-state index contributed by atoms with van der Waals surface area (Å²) in [5.74, 6) is -0.335. The van der Waals surface area contributed by atoms with Crippen LogP contribution in [-0.2, 0) is 0 Å². The summed E-state index contributed by atoms with van der Waals surface area (Å²) in [6.07, 6.45) is 0. The minimum atomic E-state index is -0.168. The quantitative estimate of drug-likeness (QED) is 0.512. The minimum Gasteiger partial charge on any atom is -0.322 e. The molecule has 0 heterocycles. The van der Waals surface area contributed by atoms with Crippen LogP contribution in [0.3, 0.4) is 0 Å². The first-order chi connectivity index (χ1) is 13.7. The third-order valence-corrected chi connectivity index (χ3v) is 4.43. The Kier molecular flexibility index (Phi) is 4.85. The van der Waals surface area contributed by atoms with Gasteiger partial charge in [-0.1, -0.05) is 48.5 Å². The van der Waals surface area contributed by atoms with Crippen LogP contribution in [0.5, 0.6) is 0 Å². The number of para-hydroxylation sites is 2. The predicted molar refractivity (Wildman–Crippen MR) is 113 cm³/mol. The minimum absolute atomic E-state index is 0.168. The number of amides is 2. The monoisotopic (exact) mass is 366 g/mol. The smallest absolute Gasteiger partial charge is 0.255 e. The number of carbonyl (C=O) groups excluding carboxylic acids is 2. The van der Waals surface area contributed by atoms with Gasteiger partial charge in [0.15, 0.2) is 0 Å². The van der Waals surface area contributed by atoms with Crippen LogP contribution in [0.1, 0.15) is 20.7 Å². The molecule has 0 radical (unpaired) electrons. The van der Waals surface area contributed by atoms with Crippen LogP contribution in [0.25, 0.3) is 10.8 Å². The van der Waals surface area contributed by atoms with Crippen molar-refractivity contribution in [3.63, 3.8) is 0 Å². The highest BCUT2D eigenvalue weighted by Crippen LogP contribution is 2.20. The van der Waals surface area contributed by atoms with E-state index in [1.165, 1.54) is 0 Å². The zero-order valence-corrected chi connectivity index (χ0v) is 15.1. The topological polar surface area (TPSA) is 58.2 Å². The van der Waals surface area contributed by atoms with Crippen molar-refractivity contribution >= 4 is 34.0 Å². The van der Waals surface area contributed by atoms with Gasteiger partial charge in [-0.25, -0.2) is 0 Å². The highest BCUT2D eigenvalue weighted by atomic mass is 16.2. The van der Waals surface area contributed by atoms with Gasteiger partial charge in [0.2, 0.25) is 0 Å². The summed E-state index contributed by atoms with van der Waals surface area (Å²) in [6, 6.07) is 29.6. The molecule has 2 N–H and O–H groups in total. The summed E-state index contributed by atoms with van der Waals surface area (Å²) in [5.41, 5.74) is 2.64. The Morgan fingerprint density at radius 2 is 0.893 bits per heavy atom. The standard InChI is InChI=1S/C24H18N2O2/c27-23(25-21-7-3-1-4-8-21)19-13-11-18-16-20(14-12-17(18)15-19)24(28)26-22-9-5-2-6-10-22/h1-16H,(H,25,27)(H,26,28). The lowest BCUT2D eigenvalue weighted by Crippen LogP contribution is -2.12. The number of hydrogen-bond donors (Lipinski definition) is 2. The van der Waals surface area contributed by atoms with Gasteiger partial charge in [-0.05, 0) is 59.3 Å². The average molecular weight is 366 g/mol. The van der Waals surface area contributed by atoms with E-state index in [1.54, 1.807) is 12.1 Å². The van der Waals surface area contributed by atoms with Gasteiger partial charge in [0, 0.05) is 22.5 Å². The first kappa shape index (κ1) is 17.5. The Labute approximate surface area is 162 Å². The summed E-state index contributed by atoms with van der Waals surface area (Å²) in [7, 11) is 0. The maximum Gasteiger partial charge on any atom is 0.255 e. The fourth-order valence-corrected chi connectivity index (χ4v) is 2.98. The van der Waals surface area contributed by atoms with Crippen LogP contribution in [0.4, 0.5) is 11.4 Å². The fraction of sp³-hybridized carbons (Fsp3) is 0. The van der Waals surface area contributed by atoms with Crippen molar-refractivity contribution in [2.75, 3.05) is 10.6 Å². The number of fused-ring (bicyclic) bond motifs is 1. The molecule has 4 aromatic rings. The van der Waals surface area contributed by atoms with E-state index in [0.29, 0.717) is 11.1 Å². The molecular weight excluding hydrogens is 348 g/mol. The first-order valence-electron chi connectivity index (χ1n) is 8.96. The summed E-state index contributed by atoms with van der Waals surface area (Å²) in [6.45, 7) is 0. The second-order valence-electron chi connectivity index (χ2n) is 6.42. The van der Waals surface area contributed by atoms with Crippen LogP contribution in [0.15, 0.2) is 97.1 Å². The van der Waals surface area contributed by atoms with E-state index in [1.807, 2.05) is 84.9 Å². The number of carbonyl (C=O) groups is 2. The van der Waals surface area contributed by atoms with Crippen molar-refractivity contribution in [3.05, 3.63) is 108 Å². The molecule has 0 aliphatic heterocycles. The molecule has 0 fully saturated rings. The molecule has 2 amide bonds. The summed E-state index contributed by atoms with van der Waals surface area (Å²) < 4.78 is 0. The van der Waals surface area contributed by atoms with Gasteiger partial charge in [0.1, 0.15) is 0 Å². The number of rotatable bonds is 4. The number of benzene rings is 4. The van der Waals surface area contributed by atoms with Crippen LogP contribution in [0, 0.1) is 0 Å². The molecule has 4 heteroatoms. The van der Waals surface area contributed by atoms with Crippen molar-refractivity contribution in [3.8, 4) is 0 Å².